The quantitative estimate of drug-likeness (QED) is 0.540. The van der Waals surface area contributed by atoms with E-state index in [1.165, 1.54) is 18.3 Å². The number of carbonyl (C=O) groups is 1. The highest BCUT2D eigenvalue weighted by Crippen LogP contribution is 2.29. The monoisotopic (exact) mass is 367 g/mol. The van der Waals surface area contributed by atoms with Crippen LogP contribution in [-0.4, -0.2) is 30.9 Å². The maximum atomic E-state index is 11.8. The first-order valence-corrected chi connectivity index (χ1v) is 7.63. The number of hydrogen-bond donors (Lipinski definition) is 3. The molecule has 24 heavy (non-hydrogen) atoms. The lowest BCUT2D eigenvalue weighted by Crippen LogP contribution is -2.26. The highest BCUT2D eigenvalue weighted by molar-refractivity contribution is 6.36. The first kappa shape index (κ1) is 17.9. The number of para-hydroxylation sites is 2. The van der Waals surface area contributed by atoms with Crippen LogP contribution in [0.4, 0.5) is 5.69 Å². The number of amides is 1. The molecule has 0 unspecified atom stereocenters. The van der Waals surface area contributed by atoms with E-state index in [2.05, 4.69) is 15.8 Å². The van der Waals surface area contributed by atoms with Crippen molar-refractivity contribution in [3.05, 3.63) is 52.0 Å². The second-order valence-corrected chi connectivity index (χ2v) is 5.52. The van der Waals surface area contributed by atoms with Crippen molar-refractivity contribution in [1.29, 1.82) is 0 Å². The van der Waals surface area contributed by atoms with Crippen molar-refractivity contribution >= 4 is 41.0 Å². The normalized spacial score (nSPS) is 10.6. The van der Waals surface area contributed by atoms with Gasteiger partial charge in [-0.15, -0.1) is 0 Å². The van der Waals surface area contributed by atoms with Gasteiger partial charge in [0.25, 0.3) is 5.91 Å². The van der Waals surface area contributed by atoms with Crippen molar-refractivity contribution in [3.8, 4) is 11.5 Å². The number of hydrazone groups is 1. The number of benzene rings is 2. The standard InChI is InChI=1S/C16H15Cl2N3O3/c1-24-14-5-3-2-4-13(14)19-9-15(22)21-20-8-10-6-11(17)7-12(18)16(10)23/h2-8,19,23H,9H2,1H3,(H,21,22)/b20-8+. The third kappa shape index (κ3) is 4.78. The first-order chi connectivity index (χ1) is 11.5. The van der Waals surface area contributed by atoms with Gasteiger partial charge in [-0.2, -0.15) is 5.10 Å². The number of nitrogens with one attached hydrogen (secondary N) is 2. The molecule has 0 aliphatic heterocycles. The molecule has 0 aromatic heterocycles. The van der Waals surface area contributed by atoms with Crippen LogP contribution in [0.25, 0.3) is 0 Å². The van der Waals surface area contributed by atoms with Gasteiger partial charge in [-0.25, -0.2) is 5.43 Å². The topological polar surface area (TPSA) is 83.0 Å². The van der Waals surface area contributed by atoms with Crippen molar-refractivity contribution in [2.45, 2.75) is 0 Å². The van der Waals surface area contributed by atoms with Crippen LogP contribution < -0.4 is 15.5 Å². The van der Waals surface area contributed by atoms with Gasteiger partial charge in [0, 0.05) is 10.6 Å². The summed E-state index contributed by atoms with van der Waals surface area (Å²) in [6.07, 6.45) is 1.26. The predicted octanol–water partition coefficient (Wildman–Crippen LogP) is 3.27. The number of phenolic OH excluding ortho intramolecular Hbond substituents is 1. The Morgan fingerprint density at radius 3 is 2.83 bits per heavy atom. The molecule has 0 spiro atoms. The Hall–Kier alpha value is -2.44. The number of aromatic hydroxyl groups is 1. The molecule has 0 aliphatic carbocycles. The minimum atomic E-state index is -0.371. The van der Waals surface area contributed by atoms with Gasteiger partial charge in [-0.3, -0.25) is 4.79 Å². The van der Waals surface area contributed by atoms with Crippen LogP contribution >= 0.6 is 23.2 Å². The van der Waals surface area contributed by atoms with E-state index in [0.29, 0.717) is 22.0 Å². The van der Waals surface area contributed by atoms with E-state index in [0.717, 1.165) is 0 Å². The predicted molar refractivity (Wildman–Crippen MR) is 95.3 cm³/mol. The summed E-state index contributed by atoms with van der Waals surface area (Å²) in [7, 11) is 1.55. The third-order valence-corrected chi connectivity index (χ3v) is 3.50. The van der Waals surface area contributed by atoms with Crippen molar-refractivity contribution in [3.63, 3.8) is 0 Å². The zero-order valence-electron chi connectivity index (χ0n) is 12.7. The Balaban J connectivity index is 1.92. The molecular formula is C16H15Cl2N3O3. The van der Waals surface area contributed by atoms with E-state index in [1.54, 1.807) is 19.2 Å². The largest absolute Gasteiger partial charge is 0.506 e. The molecule has 2 rings (SSSR count). The summed E-state index contributed by atoms with van der Waals surface area (Å²) in [6.45, 7) is -0.00000248. The number of halogens is 2. The molecule has 0 atom stereocenters. The van der Waals surface area contributed by atoms with Crippen molar-refractivity contribution < 1.29 is 14.6 Å². The molecule has 8 heteroatoms. The van der Waals surface area contributed by atoms with Gasteiger partial charge in [-0.05, 0) is 24.3 Å². The molecule has 126 valence electrons. The summed E-state index contributed by atoms with van der Waals surface area (Å²) in [4.78, 5) is 11.8. The number of methoxy groups -OCH3 is 1. The summed E-state index contributed by atoms with van der Waals surface area (Å²) < 4.78 is 5.18. The average molecular weight is 368 g/mol. The fraction of sp³-hybridized carbons (Fsp3) is 0.125. The number of anilines is 1. The van der Waals surface area contributed by atoms with E-state index in [9.17, 15) is 9.90 Å². The number of nitrogens with zero attached hydrogens (tertiary/aromatic N) is 1. The van der Waals surface area contributed by atoms with Crippen molar-refractivity contribution in [2.75, 3.05) is 19.0 Å². The van der Waals surface area contributed by atoms with E-state index in [-0.39, 0.29) is 23.2 Å². The fourth-order valence-electron chi connectivity index (χ4n) is 1.86. The molecular weight excluding hydrogens is 353 g/mol. The number of hydrogen-bond acceptors (Lipinski definition) is 5. The van der Waals surface area contributed by atoms with Gasteiger partial charge >= 0.3 is 0 Å². The van der Waals surface area contributed by atoms with Crippen LogP contribution in [0.3, 0.4) is 0 Å². The second-order valence-electron chi connectivity index (χ2n) is 4.67. The van der Waals surface area contributed by atoms with E-state index < -0.39 is 0 Å². The summed E-state index contributed by atoms with van der Waals surface area (Å²) in [5.74, 6) is 0.100. The van der Waals surface area contributed by atoms with Crippen molar-refractivity contribution in [1.82, 2.24) is 5.43 Å². The SMILES string of the molecule is COc1ccccc1NCC(=O)N/N=C/c1cc(Cl)cc(Cl)c1O. The molecule has 0 heterocycles. The molecule has 0 radical (unpaired) electrons. The molecule has 0 aliphatic rings. The van der Waals surface area contributed by atoms with Crippen LogP contribution in [0.5, 0.6) is 11.5 Å². The zero-order chi connectivity index (χ0) is 17.5. The number of rotatable bonds is 6. The Morgan fingerprint density at radius 1 is 1.33 bits per heavy atom. The molecule has 2 aromatic carbocycles. The number of phenols is 1. The van der Waals surface area contributed by atoms with Gasteiger partial charge in [0.1, 0.15) is 11.5 Å². The van der Waals surface area contributed by atoms with Gasteiger partial charge in [0.15, 0.2) is 0 Å². The molecule has 6 nitrogen and oxygen atoms in total. The summed E-state index contributed by atoms with van der Waals surface area (Å²) in [5, 5.41) is 16.9. The number of carbonyl (C=O) groups excluding carboxylic acids is 1. The lowest BCUT2D eigenvalue weighted by Gasteiger charge is -2.09. The van der Waals surface area contributed by atoms with Crippen LogP contribution in [0.1, 0.15) is 5.56 Å². The number of ether oxygens (including phenoxy) is 1. The molecule has 0 fully saturated rings. The smallest absolute Gasteiger partial charge is 0.259 e. The summed E-state index contributed by atoms with van der Waals surface area (Å²) >= 11 is 11.6. The molecule has 3 N–H and O–H groups in total. The lowest BCUT2D eigenvalue weighted by molar-refractivity contribution is -0.119. The molecule has 0 saturated heterocycles. The lowest BCUT2D eigenvalue weighted by atomic mass is 10.2. The van der Waals surface area contributed by atoms with Crippen LogP contribution in [0, 0.1) is 0 Å². The Labute approximate surface area is 149 Å². The zero-order valence-corrected chi connectivity index (χ0v) is 14.2. The first-order valence-electron chi connectivity index (χ1n) is 6.88. The van der Waals surface area contributed by atoms with E-state index >= 15 is 0 Å². The average Bonchev–Trinajstić information content (AvgIpc) is 2.57. The van der Waals surface area contributed by atoms with Gasteiger partial charge < -0.3 is 15.2 Å². The van der Waals surface area contributed by atoms with Gasteiger partial charge in [-0.1, -0.05) is 35.3 Å². The van der Waals surface area contributed by atoms with Crippen LogP contribution in [-0.2, 0) is 4.79 Å². The van der Waals surface area contributed by atoms with Crippen LogP contribution in [0.2, 0.25) is 10.0 Å². The third-order valence-electron chi connectivity index (χ3n) is 3.00. The highest BCUT2D eigenvalue weighted by Gasteiger charge is 2.07. The second kappa shape index (κ2) is 8.42. The van der Waals surface area contributed by atoms with Gasteiger partial charge in [0.2, 0.25) is 0 Å². The molecule has 0 bridgehead atoms. The Bertz CT molecular complexity index is 766. The highest BCUT2D eigenvalue weighted by atomic mass is 35.5. The van der Waals surface area contributed by atoms with Crippen molar-refractivity contribution in [2.24, 2.45) is 5.10 Å². The Morgan fingerprint density at radius 2 is 2.08 bits per heavy atom. The van der Waals surface area contributed by atoms with E-state index in [1.807, 2.05) is 12.1 Å². The molecule has 2 aromatic rings. The van der Waals surface area contributed by atoms with E-state index in [4.69, 9.17) is 27.9 Å². The van der Waals surface area contributed by atoms with Crippen LogP contribution in [0.15, 0.2) is 41.5 Å². The summed E-state index contributed by atoms with van der Waals surface area (Å²) in [6, 6.07) is 10.1. The minimum Gasteiger partial charge on any atom is -0.506 e. The summed E-state index contributed by atoms with van der Waals surface area (Å²) in [5.41, 5.74) is 3.32. The molecule has 1 amide bonds. The van der Waals surface area contributed by atoms with Gasteiger partial charge in [0.05, 0.1) is 30.6 Å². The fourth-order valence-corrected chi connectivity index (χ4v) is 2.37. The molecule has 0 saturated carbocycles. The minimum absolute atomic E-state index is 0.00000248. The maximum absolute atomic E-state index is 11.8. The maximum Gasteiger partial charge on any atom is 0.259 e. The Kier molecular flexibility index (Phi) is 6.28.